The molecule has 150 valence electrons. The van der Waals surface area contributed by atoms with Crippen LogP contribution >= 0.6 is 0 Å². The van der Waals surface area contributed by atoms with E-state index in [0.717, 1.165) is 34.3 Å². The van der Waals surface area contributed by atoms with Crippen LogP contribution in [0.15, 0.2) is 78.9 Å². The molecule has 0 bridgehead atoms. The first-order chi connectivity index (χ1) is 14.5. The van der Waals surface area contributed by atoms with Gasteiger partial charge in [-0.2, -0.15) is 0 Å². The van der Waals surface area contributed by atoms with Crippen molar-refractivity contribution in [1.82, 2.24) is 4.98 Å². The Kier molecular flexibility index (Phi) is 5.62. The molecule has 0 radical (unpaired) electrons. The van der Waals surface area contributed by atoms with E-state index in [-0.39, 0.29) is 5.91 Å². The number of para-hydroxylation sites is 1. The maximum Gasteiger partial charge on any atom is 0.256 e. The Balaban J connectivity index is 1.70. The molecular weight excluding hydrogens is 368 g/mol. The molecule has 0 fully saturated rings. The fraction of sp³-hybridized carbons (Fsp3) is 0.185. The lowest BCUT2D eigenvalue weighted by Gasteiger charge is -2.12. The van der Waals surface area contributed by atoms with E-state index in [1.165, 1.54) is 11.1 Å². The second-order valence-corrected chi connectivity index (χ2v) is 7.82. The summed E-state index contributed by atoms with van der Waals surface area (Å²) in [6.45, 7) is 6.45. The number of carbonyl (C=O) groups is 1. The van der Waals surface area contributed by atoms with E-state index in [9.17, 15) is 4.79 Å². The molecule has 0 aliphatic carbocycles. The molecular formula is C27H26N2O. The molecule has 1 aromatic heterocycles. The van der Waals surface area contributed by atoms with Crippen LogP contribution in [0.25, 0.3) is 22.2 Å². The van der Waals surface area contributed by atoms with Gasteiger partial charge >= 0.3 is 0 Å². The minimum absolute atomic E-state index is 0.127. The van der Waals surface area contributed by atoms with Crippen LogP contribution in [0.1, 0.15) is 47.7 Å². The van der Waals surface area contributed by atoms with Gasteiger partial charge in [-0.05, 0) is 49.1 Å². The van der Waals surface area contributed by atoms with Gasteiger partial charge in [0.2, 0.25) is 0 Å². The number of nitrogens with one attached hydrogen (secondary N) is 1. The van der Waals surface area contributed by atoms with Crippen molar-refractivity contribution in [3.8, 4) is 11.3 Å². The SMILES string of the molecule is CCC(C)c1ccc(NC(=O)c2cc(-c3ccc(C)cc3)nc3ccccc23)cc1. The number of fused-ring (bicyclic) bond motifs is 1. The zero-order chi connectivity index (χ0) is 21.1. The van der Waals surface area contributed by atoms with Crippen molar-refractivity contribution in [3.63, 3.8) is 0 Å². The van der Waals surface area contributed by atoms with Crippen LogP contribution in [0.3, 0.4) is 0 Å². The van der Waals surface area contributed by atoms with Crippen molar-refractivity contribution in [2.45, 2.75) is 33.1 Å². The molecule has 0 saturated carbocycles. The van der Waals surface area contributed by atoms with E-state index in [2.05, 4.69) is 50.4 Å². The van der Waals surface area contributed by atoms with E-state index in [0.29, 0.717) is 11.5 Å². The van der Waals surface area contributed by atoms with Gasteiger partial charge in [0.05, 0.1) is 16.8 Å². The summed E-state index contributed by atoms with van der Waals surface area (Å²) in [5, 5.41) is 3.90. The number of hydrogen-bond donors (Lipinski definition) is 1. The third kappa shape index (κ3) is 4.11. The first-order valence-corrected chi connectivity index (χ1v) is 10.4. The molecule has 0 aliphatic heterocycles. The number of aromatic nitrogens is 1. The van der Waals surface area contributed by atoms with Crippen LogP contribution in [-0.2, 0) is 0 Å². The first kappa shape index (κ1) is 19.8. The monoisotopic (exact) mass is 394 g/mol. The fourth-order valence-corrected chi connectivity index (χ4v) is 3.56. The average molecular weight is 395 g/mol. The number of rotatable bonds is 5. The molecule has 0 spiro atoms. The Labute approximate surface area is 177 Å². The van der Waals surface area contributed by atoms with Crippen LogP contribution in [0.2, 0.25) is 0 Å². The summed E-state index contributed by atoms with van der Waals surface area (Å²) in [5.74, 6) is 0.384. The highest BCUT2D eigenvalue weighted by molar-refractivity contribution is 6.13. The second kappa shape index (κ2) is 8.50. The molecule has 1 N–H and O–H groups in total. The van der Waals surface area contributed by atoms with Gasteiger partial charge in [0, 0.05) is 16.6 Å². The number of hydrogen-bond acceptors (Lipinski definition) is 2. The maximum atomic E-state index is 13.2. The number of carbonyl (C=O) groups excluding carboxylic acids is 1. The minimum atomic E-state index is -0.127. The lowest BCUT2D eigenvalue weighted by Crippen LogP contribution is -2.13. The molecule has 3 nitrogen and oxygen atoms in total. The zero-order valence-corrected chi connectivity index (χ0v) is 17.6. The summed E-state index contributed by atoms with van der Waals surface area (Å²) in [4.78, 5) is 18.0. The molecule has 0 aliphatic rings. The van der Waals surface area contributed by atoms with Gasteiger partial charge in [-0.15, -0.1) is 0 Å². The standard InChI is InChI=1S/C27H26N2O/c1-4-19(3)20-13-15-22(16-14-20)28-27(30)24-17-26(21-11-9-18(2)10-12-21)29-25-8-6-5-7-23(24)25/h5-17,19H,4H2,1-3H3,(H,28,30). The third-order valence-electron chi connectivity index (χ3n) is 5.66. The predicted molar refractivity (Wildman–Crippen MR) is 125 cm³/mol. The Morgan fingerprint density at radius 3 is 2.37 bits per heavy atom. The van der Waals surface area contributed by atoms with Crippen molar-refractivity contribution < 1.29 is 4.79 Å². The number of anilines is 1. The minimum Gasteiger partial charge on any atom is -0.322 e. The highest BCUT2D eigenvalue weighted by Gasteiger charge is 2.14. The molecule has 1 unspecified atom stereocenters. The number of pyridine rings is 1. The van der Waals surface area contributed by atoms with Crippen LogP contribution in [0.5, 0.6) is 0 Å². The Hall–Kier alpha value is -3.46. The summed E-state index contributed by atoms with van der Waals surface area (Å²) in [6, 6.07) is 26.0. The van der Waals surface area contributed by atoms with Crippen LogP contribution in [0.4, 0.5) is 5.69 Å². The summed E-state index contributed by atoms with van der Waals surface area (Å²) in [7, 11) is 0. The normalized spacial score (nSPS) is 12.0. The van der Waals surface area contributed by atoms with Gasteiger partial charge in [0.1, 0.15) is 0 Å². The smallest absolute Gasteiger partial charge is 0.256 e. The second-order valence-electron chi connectivity index (χ2n) is 7.82. The summed E-state index contributed by atoms with van der Waals surface area (Å²) < 4.78 is 0. The molecule has 3 aromatic carbocycles. The quantitative estimate of drug-likeness (QED) is 0.397. The van der Waals surface area contributed by atoms with Gasteiger partial charge in [0.25, 0.3) is 5.91 Å². The maximum absolute atomic E-state index is 13.2. The Bertz CT molecular complexity index is 1180. The van der Waals surface area contributed by atoms with E-state index >= 15 is 0 Å². The van der Waals surface area contributed by atoms with E-state index in [1.807, 2.05) is 54.6 Å². The van der Waals surface area contributed by atoms with Crippen molar-refractivity contribution in [3.05, 3.63) is 95.6 Å². The number of nitrogens with zero attached hydrogens (tertiary/aromatic N) is 1. The lowest BCUT2D eigenvalue weighted by atomic mass is 9.98. The topological polar surface area (TPSA) is 42.0 Å². The largest absolute Gasteiger partial charge is 0.322 e. The molecule has 4 rings (SSSR count). The van der Waals surface area contributed by atoms with Crippen molar-refractivity contribution in [1.29, 1.82) is 0 Å². The molecule has 0 saturated heterocycles. The average Bonchev–Trinajstić information content (AvgIpc) is 2.78. The number of amides is 1. The molecule has 1 heterocycles. The molecule has 3 heteroatoms. The van der Waals surface area contributed by atoms with Crippen LogP contribution in [-0.4, -0.2) is 10.9 Å². The summed E-state index contributed by atoms with van der Waals surface area (Å²) in [6.07, 6.45) is 1.09. The van der Waals surface area contributed by atoms with E-state index in [1.54, 1.807) is 0 Å². The van der Waals surface area contributed by atoms with Crippen LogP contribution < -0.4 is 5.32 Å². The lowest BCUT2D eigenvalue weighted by molar-refractivity contribution is 0.102. The highest BCUT2D eigenvalue weighted by Crippen LogP contribution is 2.26. The molecule has 1 amide bonds. The van der Waals surface area contributed by atoms with Crippen molar-refractivity contribution in [2.24, 2.45) is 0 Å². The predicted octanol–water partition coefficient (Wildman–Crippen LogP) is 6.98. The van der Waals surface area contributed by atoms with Crippen LogP contribution in [0, 0.1) is 6.92 Å². The van der Waals surface area contributed by atoms with Gasteiger partial charge in [-0.3, -0.25) is 4.79 Å². The molecule has 4 aromatic rings. The fourth-order valence-electron chi connectivity index (χ4n) is 3.56. The van der Waals surface area contributed by atoms with Crippen molar-refractivity contribution in [2.75, 3.05) is 5.32 Å². The first-order valence-electron chi connectivity index (χ1n) is 10.4. The number of aryl methyl sites for hydroxylation is 1. The highest BCUT2D eigenvalue weighted by atomic mass is 16.1. The van der Waals surface area contributed by atoms with Gasteiger partial charge < -0.3 is 5.32 Å². The van der Waals surface area contributed by atoms with Gasteiger partial charge in [-0.25, -0.2) is 4.98 Å². The van der Waals surface area contributed by atoms with E-state index in [4.69, 9.17) is 4.98 Å². The Morgan fingerprint density at radius 1 is 0.967 bits per heavy atom. The summed E-state index contributed by atoms with van der Waals surface area (Å²) in [5.41, 5.74) is 6.51. The molecule has 1 atom stereocenters. The molecule has 30 heavy (non-hydrogen) atoms. The van der Waals surface area contributed by atoms with Crippen molar-refractivity contribution >= 4 is 22.5 Å². The Morgan fingerprint density at radius 2 is 1.67 bits per heavy atom. The zero-order valence-electron chi connectivity index (χ0n) is 17.6. The third-order valence-corrected chi connectivity index (χ3v) is 5.66. The summed E-state index contributed by atoms with van der Waals surface area (Å²) >= 11 is 0. The van der Waals surface area contributed by atoms with E-state index < -0.39 is 0 Å². The number of benzene rings is 3. The van der Waals surface area contributed by atoms with Gasteiger partial charge in [0.15, 0.2) is 0 Å². The van der Waals surface area contributed by atoms with Gasteiger partial charge in [-0.1, -0.05) is 74.0 Å².